The molecule has 0 aliphatic carbocycles. The van der Waals surface area contributed by atoms with E-state index in [1.807, 2.05) is 42.6 Å². The second kappa shape index (κ2) is 5.91. The van der Waals surface area contributed by atoms with Gasteiger partial charge in [0, 0.05) is 11.8 Å². The Morgan fingerprint density at radius 2 is 2.12 bits per heavy atom. The smallest absolute Gasteiger partial charge is 0.202 e. The molecule has 2 aromatic heterocycles. The van der Waals surface area contributed by atoms with Gasteiger partial charge >= 0.3 is 0 Å². The minimum Gasteiger partial charge on any atom is -0.497 e. The van der Waals surface area contributed by atoms with Crippen molar-refractivity contribution in [3.63, 3.8) is 0 Å². The van der Waals surface area contributed by atoms with Crippen LogP contribution in [0.1, 0.15) is 17.4 Å². The van der Waals surface area contributed by atoms with Gasteiger partial charge in [-0.05, 0) is 47.9 Å². The summed E-state index contributed by atoms with van der Waals surface area (Å²) in [6.07, 6.45) is 4.47. The fourth-order valence-electron chi connectivity index (χ4n) is 3.36. The number of aromatic nitrogens is 3. The Kier molecular flexibility index (Phi) is 3.41. The van der Waals surface area contributed by atoms with Gasteiger partial charge < -0.3 is 13.9 Å². The molecule has 0 fully saturated rings. The number of oxazole rings is 1. The summed E-state index contributed by atoms with van der Waals surface area (Å²) in [5, 5.41) is 6.83. The number of benzene rings is 2. The lowest BCUT2D eigenvalue weighted by molar-refractivity contribution is 0.243. The molecule has 5 rings (SSSR count). The Hall–Kier alpha value is -3.28. The second-order valence-electron chi connectivity index (χ2n) is 6.41. The van der Waals surface area contributed by atoms with E-state index in [-0.39, 0.29) is 5.92 Å². The van der Waals surface area contributed by atoms with Crippen molar-refractivity contribution >= 4 is 11.1 Å². The highest BCUT2D eigenvalue weighted by Crippen LogP contribution is 2.35. The van der Waals surface area contributed by atoms with Crippen molar-refractivity contribution in [1.82, 2.24) is 15.2 Å². The third-order valence-electron chi connectivity index (χ3n) is 4.76. The molecular weight excluding hydrogens is 330 g/mol. The second-order valence-corrected chi connectivity index (χ2v) is 6.41. The lowest BCUT2D eigenvalue weighted by Crippen LogP contribution is -2.19. The molecule has 1 aliphatic heterocycles. The molecule has 6 nitrogen and oxygen atoms in total. The number of fused-ring (bicyclic) bond motifs is 2. The Balaban J connectivity index is 1.47. The molecule has 2 aromatic carbocycles. The van der Waals surface area contributed by atoms with Crippen LogP contribution in [0.2, 0.25) is 0 Å². The number of hydrogen-bond acceptors (Lipinski definition) is 5. The highest BCUT2D eigenvalue weighted by atomic mass is 16.5. The van der Waals surface area contributed by atoms with Crippen LogP contribution in [-0.2, 0) is 6.42 Å². The number of rotatable bonds is 3. The number of ether oxygens (including phenoxy) is 2. The normalized spacial score (nSPS) is 16.3. The van der Waals surface area contributed by atoms with Gasteiger partial charge in [0.1, 0.15) is 23.6 Å². The quantitative estimate of drug-likeness (QED) is 0.607. The molecule has 0 radical (unpaired) electrons. The highest BCUT2D eigenvalue weighted by molar-refractivity contribution is 5.80. The van der Waals surface area contributed by atoms with Crippen molar-refractivity contribution in [2.45, 2.75) is 12.3 Å². The summed E-state index contributed by atoms with van der Waals surface area (Å²) in [6.45, 7) is 0.556. The summed E-state index contributed by atoms with van der Waals surface area (Å²) in [5.41, 5.74) is 4.82. The predicted molar refractivity (Wildman–Crippen MR) is 96.5 cm³/mol. The number of H-pyrrole nitrogens is 1. The van der Waals surface area contributed by atoms with Crippen LogP contribution in [0.25, 0.3) is 22.2 Å². The average molecular weight is 347 g/mol. The van der Waals surface area contributed by atoms with Gasteiger partial charge in [0.15, 0.2) is 5.58 Å². The third kappa shape index (κ3) is 2.50. The molecule has 130 valence electrons. The van der Waals surface area contributed by atoms with Gasteiger partial charge in [-0.15, -0.1) is 0 Å². The van der Waals surface area contributed by atoms with Crippen LogP contribution in [0.4, 0.5) is 0 Å². The molecule has 0 saturated carbocycles. The molecule has 1 atom stereocenters. The maximum atomic E-state index is 6.01. The predicted octanol–water partition coefficient (Wildman–Crippen LogP) is 3.95. The SMILES string of the molecule is COc1ccc2c(c1)C[C@H](c1nc3cc(-c4cn[nH]c4)ccc3o1)CO2. The van der Waals surface area contributed by atoms with Crippen molar-refractivity contribution in [2.75, 3.05) is 13.7 Å². The minimum absolute atomic E-state index is 0.0828. The first-order valence-corrected chi connectivity index (χ1v) is 8.49. The molecule has 0 unspecified atom stereocenters. The van der Waals surface area contributed by atoms with E-state index in [4.69, 9.17) is 18.9 Å². The third-order valence-corrected chi connectivity index (χ3v) is 4.76. The summed E-state index contributed by atoms with van der Waals surface area (Å²) in [6, 6.07) is 11.9. The Labute approximate surface area is 149 Å². The molecule has 0 amide bonds. The topological polar surface area (TPSA) is 73.2 Å². The zero-order valence-electron chi connectivity index (χ0n) is 14.2. The molecular formula is C20H17N3O3. The lowest BCUT2D eigenvalue weighted by atomic mass is 9.96. The van der Waals surface area contributed by atoms with E-state index >= 15 is 0 Å². The van der Waals surface area contributed by atoms with E-state index in [2.05, 4.69) is 10.2 Å². The molecule has 6 heteroatoms. The molecule has 1 aliphatic rings. The maximum Gasteiger partial charge on any atom is 0.202 e. The summed E-state index contributed by atoms with van der Waals surface area (Å²) < 4.78 is 17.2. The van der Waals surface area contributed by atoms with Crippen LogP contribution >= 0.6 is 0 Å². The van der Waals surface area contributed by atoms with E-state index in [0.29, 0.717) is 12.5 Å². The Morgan fingerprint density at radius 1 is 1.15 bits per heavy atom. The van der Waals surface area contributed by atoms with Crippen molar-refractivity contribution in [3.8, 4) is 22.6 Å². The van der Waals surface area contributed by atoms with E-state index in [0.717, 1.165) is 45.7 Å². The van der Waals surface area contributed by atoms with E-state index in [1.165, 1.54) is 0 Å². The van der Waals surface area contributed by atoms with E-state index in [9.17, 15) is 0 Å². The average Bonchev–Trinajstić information content (AvgIpc) is 3.36. The van der Waals surface area contributed by atoms with E-state index in [1.54, 1.807) is 13.3 Å². The zero-order valence-corrected chi connectivity index (χ0v) is 14.2. The molecule has 26 heavy (non-hydrogen) atoms. The first kappa shape index (κ1) is 15.0. The number of aromatic amines is 1. The summed E-state index contributed by atoms with van der Waals surface area (Å²) in [7, 11) is 1.67. The van der Waals surface area contributed by atoms with Gasteiger partial charge in [0.2, 0.25) is 5.89 Å². The monoisotopic (exact) mass is 347 g/mol. The van der Waals surface area contributed by atoms with Crippen LogP contribution < -0.4 is 9.47 Å². The first-order valence-electron chi connectivity index (χ1n) is 8.49. The van der Waals surface area contributed by atoms with Gasteiger partial charge in [-0.1, -0.05) is 6.07 Å². The van der Waals surface area contributed by atoms with Crippen molar-refractivity contribution < 1.29 is 13.9 Å². The minimum atomic E-state index is 0.0828. The molecule has 1 N–H and O–H groups in total. The van der Waals surface area contributed by atoms with E-state index < -0.39 is 0 Å². The van der Waals surface area contributed by atoms with Crippen LogP contribution in [0, 0.1) is 0 Å². The molecule has 3 heterocycles. The van der Waals surface area contributed by atoms with Gasteiger partial charge in [0.25, 0.3) is 0 Å². The van der Waals surface area contributed by atoms with Gasteiger partial charge in [-0.2, -0.15) is 5.10 Å². The van der Waals surface area contributed by atoms with Crippen LogP contribution in [0.3, 0.4) is 0 Å². The molecule has 0 saturated heterocycles. The van der Waals surface area contributed by atoms with Crippen molar-refractivity contribution in [1.29, 1.82) is 0 Å². The van der Waals surface area contributed by atoms with Gasteiger partial charge in [-0.3, -0.25) is 5.10 Å². The lowest BCUT2D eigenvalue weighted by Gasteiger charge is -2.23. The first-order chi connectivity index (χ1) is 12.8. The molecule has 0 spiro atoms. The standard InChI is InChI=1S/C20H17N3O3/c1-24-16-3-5-18-13(7-16)6-14(11-25-18)20-23-17-8-12(2-4-19(17)26-20)15-9-21-22-10-15/h2-5,7-10,14H,6,11H2,1H3,(H,21,22)/t14-/m0/s1. The van der Waals surface area contributed by atoms with Crippen LogP contribution in [0.15, 0.2) is 53.2 Å². The maximum absolute atomic E-state index is 6.01. The number of hydrogen-bond donors (Lipinski definition) is 1. The summed E-state index contributed by atoms with van der Waals surface area (Å²) >= 11 is 0. The zero-order chi connectivity index (χ0) is 17.5. The molecule has 4 aromatic rings. The highest BCUT2D eigenvalue weighted by Gasteiger charge is 2.26. The number of nitrogens with one attached hydrogen (secondary N) is 1. The number of methoxy groups -OCH3 is 1. The Bertz CT molecular complexity index is 1070. The van der Waals surface area contributed by atoms with Gasteiger partial charge in [-0.25, -0.2) is 4.98 Å². The summed E-state index contributed by atoms with van der Waals surface area (Å²) in [5.74, 6) is 2.52. The largest absolute Gasteiger partial charge is 0.497 e. The van der Waals surface area contributed by atoms with Crippen molar-refractivity contribution in [2.24, 2.45) is 0 Å². The fraction of sp³-hybridized carbons (Fsp3) is 0.200. The van der Waals surface area contributed by atoms with Gasteiger partial charge in [0.05, 0.1) is 19.2 Å². The molecule has 0 bridgehead atoms. The summed E-state index contributed by atoms with van der Waals surface area (Å²) in [4.78, 5) is 4.71. The fourth-order valence-corrected chi connectivity index (χ4v) is 3.36. The van der Waals surface area contributed by atoms with Crippen molar-refractivity contribution in [3.05, 3.63) is 60.2 Å². The van der Waals surface area contributed by atoms with Crippen LogP contribution in [0.5, 0.6) is 11.5 Å². The number of nitrogens with zero attached hydrogens (tertiary/aromatic N) is 2. The van der Waals surface area contributed by atoms with Crippen LogP contribution in [-0.4, -0.2) is 28.9 Å². The Morgan fingerprint density at radius 3 is 2.96 bits per heavy atom.